The Balaban J connectivity index is 2.07. The van der Waals surface area contributed by atoms with Crippen molar-refractivity contribution < 1.29 is 0 Å². The molecular formula is C17H35N3. The van der Waals surface area contributed by atoms with Gasteiger partial charge in [0.1, 0.15) is 0 Å². The van der Waals surface area contributed by atoms with Crippen LogP contribution in [0.5, 0.6) is 0 Å². The highest BCUT2D eigenvalue weighted by Crippen LogP contribution is 2.34. The van der Waals surface area contributed by atoms with Gasteiger partial charge in [0.05, 0.1) is 0 Å². The van der Waals surface area contributed by atoms with E-state index in [9.17, 15) is 0 Å². The predicted molar refractivity (Wildman–Crippen MR) is 87.1 cm³/mol. The Bertz CT molecular complexity index is 294. The van der Waals surface area contributed by atoms with Crippen molar-refractivity contribution >= 4 is 0 Å². The molecule has 2 fully saturated rings. The van der Waals surface area contributed by atoms with Crippen molar-refractivity contribution in [2.75, 3.05) is 33.2 Å². The summed E-state index contributed by atoms with van der Waals surface area (Å²) in [6.45, 7) is 14.5. The van der Waals surface area contributed by atoms with Gasteiger partial charge in [-0.25, -0.2) is 0 Å². The molecule has 0 aromatic rings. The number of hydrogen-bond donors (Lipinski definition) is 1. The molecule has 118 valence electrons. The highest BCUT2D eigenvalue weighted by atomic mass is 15.3. The quantitative estimate of drug-likeness (QED) is 0.854. The van der Waals surface area contributed by atoms with E-state index in [0.29, 0.717) is 12.1 Å². The van der Waals surface area contributed by atoms with Crippen LogP contribution in [-0.2, 0) is 0 Å². The maximum atomic E-state index is 3.86. The first-order chi connectivity index (χ1) is 9.52. The van der Waals surface area contributed by atoms with Gasteiger partial charge in [0.2, 0.25) is 0 Å². The lowest BCUT2D eigenvalue weighted by molar-refractivity contribution is -0.00289. The number of likely N-dealkylation sites (N-methyl/N-ethyl adjacent to an activating group) is 1. The van der Waals surface area contributed by atoms with E-state index in [0.717, 1.165) is 17.9 Å². The predicted octanol–water partition coefficient (Wildman–Crippen LogP) is 2.43. The van der Waals surface area contributed by atoms with Crippen LogP contribution in [0.25, 0.3) is 0 Å². The van der Waals surface area contributed by atoms with E-state index in [1.54, 1.807) is 0 Å². The summed E-state index contributed by atoms with van der Waals surface area (Å²) in [5.74, 6) is 1.69. The molecule has 1 N–H and O–H groups in total. The molecule has 0 radical (unpaired) electrons. The third-order valence-corrected chi connectivity index (χ3v) is 5.35. The maximum absolute atomic E-state index is 3.86. The zero-order chi connectivity index (χ0) is 14.7. The average Bonchev–Trinajstić information content (AvgIpc) is 2.37. The molecule has 1 saturated carbocycles. The van der Waals surface area contributed by atoms with Crippen LogP contribution >= 0.6 is 0 Å². The molecule has 3 nitrogen and oxygen atoms in total. The van der Waals surface area contributed by atoms with E-state index in [4.69, 9.17) is 0 Å². The van der Waals surface area contributed by atoms with Gasteiger partial charge in [0, 0.05) is 37.8 Å². The van der Waals surface area contributed by atoms with Gasteiger partial charge in [-0.1, -0.05) is 20.8 Å². The van der Waals surface area contributed by atoms with E-state index in [-0.39, 0.29) is 0 Å². The highest BCUT2D eigenvalue weighted by Gasteiger charge is 2.40. The molecule has 1 aliphatic heterocycles. The Morgan fingerprint density at radius 1 is 1.10 bits per heavy atom. The van der Waals surface area contributed by atoms with Crippen molar-refractivity contribution in [1.29, 1.82) is 0 Å². The fraction of sp³-hybridized carbons (Fsp3) is 1.00. The molecule has 1 saturated heterocycles. The molecule has 0 aromatic carbocycles. The number of hydrogen-bond acceptors (Lipinski definition) is 3. The number of rotatable bonds is 4. The number of piperazine rings is 1. The Labute approximate surface area is 126 Å². The summed E-state index contributed by atoms with van der Waals surface area (Å²) < 4.78 is 0. The maximum Gasteiger partial charge on any atom is 0.0279 e. The average molecular weight is 281 g/mol. The van der Waals surface area contributed by atoms with Crippen LogP contribution in [0.3, 0.4) is 0 Å². The topological polar surface area (TPSA) is 18.5 Å². The van der Waals surface area contributed by atoms with Gasteiger partial charge in [0.25, 0.3) is 0 Å². The summed E-state index contributed by atoms with van der Waals surface area (Å²) in [5, 5.41) is 3.86. The zero-order valence-corrected chi connectivity index (χ0v) is 14.2. The molecule has 5 atom stereocenters. The first-order valence-electron chi connectivity index (χ1n) is 8.70. The van der Waals surface area contributed by atoms with Crippen molar-refractivity contribution in [1.82, 2.24) is 15.1 Å². The Morgan fingerprint density at radius 3 is 2.50 bits per heavy atom. The smallest absolute Gasteiger partial charge is 0.0279 e. The standard InChI is InChI=1S/C17H35N3/c1-6-7-18-16-11-13(2)10-14(3)17(16)20-9-8-19(5)12-15(20)4/h13-18H,6-12H2,1-5H3. The van der Waals surface area contributed by atoms with E-state index in [1.165, 1.54) is 45.4 Å². The first kappa shape index (κ1) is 16.3. The third kappa shape index (κ3) is 3.75. The van der Waals surface area contributed by atoms with E-state index in [1.807, 2.05) is 0 Å². The minimum Gasteiger partial charge on any atom is -0.312 e. The third-order valence-electron chi connectivity index (χ3n) is 5.35. The summed E-state index contributed by atoms with van der Waals surface area (Å²) in [7, 11) is 2.26. The lowest BCUT2D eigenvalue weighted by Gasteiger charge is -2.51. The summed E-state index contributed by atoms with van der Waals surface area (Å²) in [5.41, 5.74) is 0. The Morgan fingerprint density at radius 2 is 1.85 bits per heavy atom. The van der Waals surface area contributed by atoms with Gasteiger partial charge in [-0.15, -0.1) is 0 Å². The molecule has 2 aliphatic rings. The molecule has 0 bridgehead atoms. The summed E-state index contributed by atoms with van der Waals surface area (Å²) in [6, 6.07) is 2.13. The SMILES string of the molecule is CCCNC1CC(C)CC(C)C1N1CCN(C)CC1C. The lowest BCUT2D eigenvalue weighted by atomic mass is 9.75. The molecule has 0 amide bonds. The van der Waals surface area contributed by atoms with E-state index >= 15 is 0 Å². The fourth-order valence-corrected chi connectivity index (χ4v) is 4.53. The van der Waals surface area contributed by atoms with Crippen molar-refractivity contribution in [3.05, 3.63) is 0 Å². The molecule has 0 aromatic heterocycles. The van der Waals surface area contributed by atoms with Crippen LogP contribution in [0.15, 0.2) is 0 Å². The second-order valence-corrected chi connectivity index (χ2v) is 7.45. The van der Waals surface area contributed by atoms with E-state index < -0.39 is 0 Å². The Kier molecular flexibility index (Phi) is 5.88. The van der Waals surface area contributed by atoms with Crippen molar-refractivity contribution in [2.45, 2.75) is 65.1 Å². The van der Waals surface area contributed by atoms with Crippen LogP contribution in [0.4, 0.5) is 0 Å². The largest absolute Gasteiger partial charge is 0.312 e. The highest BCUT2D eigenvalue weighted by molar-refractivity contribution is 4.97. The summed E-state index contributed by atoms with van der Waals surface area (Å²) in [6.07, 6.45) is 3.99. The van der Waals surface area contributed by atoms with Gasteiger partial charge in [-0.05, 0) is 51.6 Å². The van der Waals surface area contributed by atoms with E-state index in [2.05, 4.69) is 49.9 Å². The number of nitrogens with zero attached hydrogens (tertiary/aromatic N) is 2. The van der Waals surface area contributed by atoms with Crippen LogP contribution in [0, 0.1) is 11.8 Å². The lowest BCUT2D eigenvalue weighted by Crippen LogP contribution is -2.63. The molecular weight excluding hydrogens is 246 g/mol. The second kappa shape index (κ2) is 7.24. The van der Waals surface area contributed by atoms with Crippen molar-refractivity contribution in [2.24, 2.45) is 11.8 Å². The normalized spacial score (nSPS) is 41.0. The van der Waals surface area contributed by atoms with Gasteiger partial charge in [-0.2, -0.15) is 0 Å². The molecule has 5 unspecified atom stereocenters. The summed E-state index contributed by atoms with van der Waals surface area (Å²) >= 11 is 0. The second-order valence-electron chi connectivity index (χ2n) is 7.45. The first-order valence-corrected chi connectivity index (χ1v) is 8.70. The van der Waals surface area contributed by atoms with Gasteiger partial charge < -0.3 is 10.2 Å². The van der Waals surface area contributed by atoms with Crippen LogP contribution in [0.2, 0.25) is 0 Å². The summed E-state index contributed by atoms with van der Waals surface area (Å²) in [4.78, 5) is 5.29. The molecule has 1 aliphatic carbocycles. The van der Waals surface area contributed by atoms with Crippen molar-refractivity contribution in [3.8, 4) is 0 Å². The molecule has 1 heterocycles. The van der Waals surface area contributed by atoms with Gasteiger partial charge in [-0.3, -0.25) is 4.90 Å². The zero-order valence-electron chi connectivity index (χ0n) is 14.2. The van der Waals surface area contributed by atoms with Gasteiger partial charge >= 0.3 is 0 Å². The van der Waals surface area contributed by atoms with Crippen LogP contribution < -0.4 is 5.32 Å². The molecule has 20 heavy (non-hydrogen) atoms. The fourth-order valence-electron chi connectivity index (χ4n) is 4.53. The molecule has 3 heteroatoms. The van der Waals surface area contributed by atoms with Gasteiger partial charge in [0.15, 0.2) is 0 Å². The van der Waals surface area contributed by atoms with Crippen molar-refractivity contribution in [3.63, 3.8) is 0 Å². The number of nitrogens with one attached hydrogen (secondary N) is 1. The Hall–Kier alpha value is -0.120. The molecule has 0 spiro atoms. The minimum atomic E-state index is 0.694. The van der Waals surface area contributed by atoms with Crippen LogP contribution in [0.1, 0.15) is 47.0 Å². The monoisotopic (exact) mass is 281 g/mol. The van der Waals surface area contributed by atoms with Crippen LogP contribution in [-0.4, -0.2) is 61.2 Å². The molecule has 2 rings (SSSR count). The minimum absolute atomic E-state index is 0.694.